The Labute approximate surface area is 858 Å². The zero-order valence-electron chi connectivity index (χ0n) is 78.9. The van der Waals surface area contributed by atoms with Gasteiger partial charge in [-0.1, -0.05) is 352 Å². The van der Waals surface area contributed by atoms with Crippen molar-refractivity contribution in [2.75, 3.05) is 0 Å². The number of benzene rings is 23. The van der Waals surface area contributed by atoms with E-state index >= 15 is 0 Å². The summed E-state index contributed by atoms with van der Waals surface area (Å²) in [5.41, 5.74) is 35.3. The molecule has 0 N–H and O–H groups in total. The molecule has 0 radical (unpaired) electrons. The van der Waals surface area contributed by atoms with Crippen molar-refractivity contribution in [3.05, 3.63) is 485 Å². The summed E-state index contributed by atoms with van der Waals surface area (Å²) in [4.78, 5) is 0. The number of para-hydroxylation sites is 3. The fourth-order valence-corrected chi connectivity index (χ4v) is 27.3. The predicted molar refractivity (Wildman–Crippen MR) is 627 cm³/mol. The fraction of sp³-hybridized carbons (Fsp3) is 0. The average Bonchev–Trinajstić information content (AvgIpc) is 1.59. The Bertz CT molecular complexity index is 10700. The Morgan fingerprint density at radius 1 is 0.102 bits per heavy atom. The normalized spacial score (nSPS) is 11.9. The molecule has 0 atom stereocenters. The first kappa shape index (κ1) is 84.6. The number of thiophene rings is 4. The second kappa shape index (κ2) is 34.4. The molecule has 0 aliphatic rings. The van der Waals surface area contributed by atoms with Crippen LogP contribution in [0.3, 0.4) is 0 Å². The van der Waals surface area contributed by atoms with Crippen LogP contribution in [-0.2, 0) is 0 Å². The first-order valence-electron chi connectivity index (χ1n) is 49.6. The third kappa shape index (κ3) is 14.3. The van der Waals surface area contributed by atoms with Crippen LogP contribution >= 0.6 is 45.3 Å². The minimum atomic E-state index is 0.882. The van der Waals surface area contributed by atoms with E-state index in [0.29, 0.717) is 0 Å². The maximum atomic E-state index is 6.48. The van der Waals surface area contributed by atoms with Crippen molar-refractivity contribution in [3.8, 4) is 122 Å². The summed E-state index contributed by atoms with van der Waals surface area (Å²) in [6, 6.07) is 175. The van der Waals surface area contributed by atoms with Gasteiger partial charge in [0.05, 0.1) is 0 Å². The number of rotatable bonds is 11. The van der Waals surface area contributed by atoms with Gasteiger partial charge < -0.3 is 22.1 Å². The van der Waals surface area contributed by atoms with Crippen LogP contribution in [-0.4, -0.2) is 0 Å². The van der Waals surface area contributed by atoms with Crippen LogP contribution < -0.4 is 0 Å². The van der Waals surface area contributed by atoms with E-state index in [9.17, 15) is 0 Å². The smallest absolute Gasteiger partial charge is 0.136 e. The molecule has 0 spiro atoms. The van der Waals surface area contributed by atoms with E-state index < -0.39 is 0 Å². The Morgan fingerprint density at radius 3 is 0.776 bits per heavy atom. The first-order chi connectivity index (χ1) is 72.8. The first-order valence-corrected chi connectivity index (χ1v) is 52.9. The van der Waals surface area contributed by atoms with E-state index in [1.807, 2.05) is 81.7 Å². The average molecular weight is 1950 g/mol. The van der Waals surface area contributed by atoms with Gasteiger partial charge in [0.15, 0.2) is 0 Å². The predicted octanol–water partition coefficient (Wildman–Crippen LogP) is 42.4. The van der Waals surface area contributed by atoms with E-state index in [-0.39, 0.29) is 0 Å². The molecular formula is C138H80O5S4. The molecule has 147 heavy (non-hydrogen) atoms. The third-order valence-corrected chi connectivity index (χ3v) is 34.3. The molecule has 0 saturated carbocycles. The molecule has 5 nitrogen and oxygen atoms in total. The highest BCUT2D eigenvalue weighted by Gasteiger charge is 2.25. The molecule has 23 aromatic carbocycles. The maximum absolute atomic E-state index is 6.48. The summed E-state index contributed by atoms with van der Waals surface area (Å²) >= 11 is 7.49. The van der Waals surface area contributed by atoms with Crippen LogP contribution in [0.15, 0.2) is 507 Å². The SMILES string of the molecule is c1ccc2c(c1)oc1cc(-c3cccc4oc5cccc(-c6ccc(-c7ccc8sc9ccccc9c8c7)cc6)c5c34)ccc12.c1ccc2c(c1)oc1ccc(-c3ccc(-c4cccc5oc6cccc(-c7ccc(-c8ccc9oc%10ccccc%10c9c8)cc7)c6c45)cc3)cc12.c1ccc2c(c1)sc1cc(-c3ccc(-c4cccc5sc6cccc(-c7ccc(-c8cccc9sc%10ccccc%10c89)cc7)c6c45)cc3)ccc12. The summed E-state index contributed by atoms with van der Waals surface area (Å²) < 4.78 is 42.0. The van der Waals surface area contributed by atoms with Crippen molar-refractivity contribution in [1.82, 2.24) is 0 Å². The summed E-state index contributed by atoms with van der Waals surface area (Å²) in [6.45, 7) is 0. The molecule has 0 amide bonds. The molecule has 0 aliphatic heterocycles. The van der Waals surface area contributed by atoms with E-state index in [1.54, 1.807) is 0 Å². The molecule has 686 valence electrons. The van der Waals surface area contributed by atoms with Crippen molar-refractivity contribution in [2.45, 2.75) is 0 Å². The highest BCUT2D eigenvalue weighted by molar-refractivity contribution is 7.27. The quantitative estimate of drug-likeness (QED) is 0.129. The monoisotopic (exact) mass is 1940 g/mol. The lowest BCUT2D eigenvalue weighted by atomic mass is 9.92. The van der Waals surface area contributed by atoms with Gasteiger partial charge in [-0.2, -0.15) is 0 Å². The summed E-state index contributed by atoms with van der Waals surface area (Å²) in [5.74, 6) is 0. The van der Waals surface area contributed by atoms with Crippen molar-refractivity contribution >= 4 is 236 Å². The number of hydrogen-bond acceptors (Lipinski definition) is 9. The van der Waals surface area contributed by atoms with Crippen LogP contribution in [0.2, 0.25) is 0 Å². The molecule has 0 fully saturated rings. The standard InChI is InChI=1S/C48H28O3.C48H28S3.C42H24O2S/c1-3-11-41-37(7-1)39-27-33(23-25-43(39)49-41)29-15-19-31(20-16-29)35-9-5-13-45-47(35)48-36(10-6-14-46(48)51-45)32-21-17-30(18-22-32)34-24-26-44-40(28-34)38-8-2-4-12-42(38)50-44;1-3-13-40-37(8-1)38-27-26-33(28-45(38)50-40)29-18-20-31(21-19-29)35-11-6-16-43-47(35)48-36(12-7-17-44(48)51-43)32-24-22-30(23-25-32)34-10-5-15-42-46(34)39-9-2-4-14-41(39)49-42;1-3-11-35-31(7-1)32-21-19-28(24-38(32)43-35)30-10-6-13-37-42(30)41-29(9-5-12-36(41)44-37)26-17-15-25(16-18-26)27-20-22-40-34(23-27)33-8-2-4-14-39(33)45-40/h2*1-28H;1-24H. The van der Waals surface area contributed by atoms with E-state index in [2.05, 4.69) is 449 Å². The Hall–Kier alpha value is -18.1. The number of fused-ring (bicyclic) bond motifs is 27. The number of furan rings is 5. The minimum Gasteiger partial charge on any atom is -0.456 e. The van der Waals surface area contributed by atoms with Crippen LogP contribution in [0, 0.1) is 0 Å². The molecule has 9 aromatic heterocycles. The zero-order valence-corrected chi connectivity index (χ0v) is 82.1. The fourth-order valence-electron chi connectivity index (χ4n) is 22.8. The minimum absolute atomic E-state index is 0.882. The van der Waals surface area contributed by atoms with Gasteiger partial charge in [0.25, 0.3) is 0 Å². The molecule has 0 bridgehead atoms. The third-order valence-electron chi connectivity index (χ3n) is 29.8. The topological polar surface area (TPSA) is 65.7 Å². The molecule has 32 aromatic rings. The summed E-state index contributed by atoms with van der Waals surface area (Å²) in [6.07, 6.45) is 0. The van der Waals surface area contributed by atoms with Crippen LogP contribution in [0.1, 0.15) is 0 Å². The van der Waals surface area contributed by atoms with E-state index in [4.69, 9.17) is 22.1 Å². The van der Waals surface area contributed by atoms with E-state index in [0.717, 1.165) is 176 Å². The van der Waals surface area contributed by atoms with Crippen LogP contribution in [0.5, 0.6) is 0 Å². The Morgan fingerprint density at radius 2 is 0.333 bits per heavy atom. The number of hydrogen-bond donors (Lipinski definition) is 0. The van der Waals surface area contributed by atoms with Crippen molar-refractivity contribution in [1.29, 1.82) is 0 Å². The molecule has 0 aliphatic carbocycles. The second-order valence-electron chi connectivity index (χ2n) is 38.1. The largest absolute Gasteiger partial charge is 0.456 e. The van der Waals surface area contributed by atoms with Gasteiger partial charge in [0.2, 0.25) is 0 Å². The van der Waals surface area contributed by atoms with Crippen LogP contribution in [0.4, 0.5) is 0 Å². The lowest BCUT2D eigenvalue weighted by molar-refractivity contribution is 0.668. The zero-order chi connectivity index (χ0) is 96.4. The second-order valence-corrected chi connectivity index (χ2v) is 42.4. The van der Waals surface area contributed by atoms with Crippen molar-refractivity contribution in [3.63, 3.8) is 0 Å². The molecular weight excluding hydrogens is 1870 g/mol. The van der Waals surface area contributed by atoms with Crippen molar-refractivity contribution in [2.24, 2.45) is 0 Å². The van der Waals surface area contributed by atoms with Gasteiger partial charge in [-0.3, -0.25) is 0 Å². The maximum Gasteiger partial charge on any atom is 0.136 e. The van der Waals surface area contributed by atoms with Crippen LogP contribution in [0.25, 0.3) is 313 Å². The summed E-state index contributed by atoms with van der Waals surface area (Å²) in [7, 11) is 0. The highest BCUT2D eigenvalue weighted by atomic mass is 32.1. The van der Waals surface area contributed by atoms with Crippen molar-refractivity contribution < 1.29 is 22.1 Å². The lowest BCUT2D eigenvalue weighted by Crippen LogP contribution is -1.85. The molecule has 32 rings (SSSR count). The van der Waals surface area contributed by atoms with Gasteiger partial charge in [0, 0.05) is 135 Å². The van der Waals surface area contributed by atoms with E-state index in [1.165, 1.54) is 136 Å². The van der Waals surface area contributed by atoms with Gasteiger partial charge >= 0.3 is 0 Å². The van der Waals surface area contributed by atoms with Gasteiger partial charge in [-0.15, -0.1) is 45.3 Å². The highest BCUT2D eigenvalue weighted by Crippen LogP contribution is 2.52. The molecule has 0 saturated heterocycles. The lowest BCUT2D eigenvalue weighted by Gasteiger charge is -2.11. The Balaban J connectivity index is 0.000000102. The summed E-state index contributed by atoms with van der Waals surface area (Å²) in [5, 5.41) is 22.0. The van der Waals surface area contributed by atoms with Gasteiger partial charge in [0.1, 0.15) is 55.8 Å². The molecule has 0 unspecified atom stereocenters. The van der Waals surface area contributed by atoms with Gasteiger partial charge in [-0.05, 0) is 256 Å². The molecule has 9 heterocycles. The Kier molecular flexibility index (Phi) is 19.8. The van der Waals surface area contributed by atoms with Gasteiger partial charge in [-0.25, -0.2) is 0 Å². The molecule has 9 heteroatoms.